The zero-order chi connectivity index (χ0) is 23.3. The van der Waals surface area contributed by atoms with Crippen molar-refractivity contribution in [2.75, 3.05) is 11.5 Å². The minimum atomic E-state index is -4.77. The predicted molar refractivity (Wildman–Crippen MR) is 111 cm³/mol. The molecular formula is C23H18F3N3O4. The molecule has 0 saturated heterocycles. The number of imidazole rings is 1. The minimum absolute atomic E-state index is 0.118. The van der Waals surface area contributed by atoms with E-state index in [4.69, 9.17) is 4.74 Å². The molecule has 1 aliphatic heterocycles. The van der Waals surface area contributed by atoms with Crippen LogP contribution in [0.2, 0.25) is 0 Å². The van der Waals surface area contributed by atoms with Gasteiger partial charge in [-0.2, -0.15) is 13.2 Å². The van der Waals surface area contributed by atoms with E-state index in [-0.39, 0.29) is 19.1 Å². The van der Waals surface area contributed by atoms with Crippen LogP contribution in [-0.2, 0) is 11.3 Å². The lowest BCUT2D eigenvalue weighted by Gasteiger charge is -2.36. The Morgan fingerprint density at radius 1 is 1.06 bits per heavy atom. The maximum Gasteiger partial charge on any atom is 0.416 e. The first-order chi connectivity index (χ1) is 15.8. The van der Waals surface area contributed by atoms with Crippen LogP contribution < -0.4 is 4.90 Å². The Bertz CT molecular complexity index is 1210. The van der Waals surface area contributed by atoms with Gasteiger partial charge < -0.3 is 14.4 Å². The molecule has 1 atom stereocenters. The van der Waals surface area contributed by atoms with Gasteiger partial charge in [0.1, 0.15) is 12.6 Å². The number of fused-ring (bicyclic) bond motifs is 4. The highest BCUT2D eigenvalue weighted by atomic mass is 19.4. The van der Waals surface area contributed by atoms with Crippen molar-refractivity contribution in [3.63, 3.8) is 0 Å². The van der Waals surface area contributed by atoms with E-state index in [0.717, 1.165) is 28.6 Å². The number of alkyl halides is 3. The number of aromatic carboxylic acids is 1. The van der Waals surface area contributed by atoms with Crippen molar-refractivity contribution in [2.24, 2.45) is 0 Å². The molecule has 7 nitrogen and oxygen atoms in total. The molecule has 0 fully saturated rings. The van der Waals surface area contributed by atoms with Crippen LogP contribution in [0.3, 0.4) is 0 Å². The number of ether oxygens (including phenoxy) is 1. The molecule has 0 bridgehead atoms. The van der Waals surface area contributed by atoms with Crippen molar-refractivity contribution in [1.82, 2.24) is 9.55 Å². The number of halogens is 3. The monoisotopic (exact) mass is 457 g/mol. The summed E-state index contributed by atoms with van der Waals surface area (Å²) >= 11 is 0. The van der Waals surface area contributed by atoms with Crippen molar-refractivity contribution < 1.29 is 32.6 Å². The highest BCUT2D eigenvalue weighted by Crippen LogP contribution is 2.45. The summed E-state index contributed by atoms with van der Waals surface area (Å²) in [6.07, 6.45) is -5.34. The van der Waals surface area contributed by atoms with Crippen LogP contribution in [0, 0.1) is 0 Å². The number of hydrogen-bond donors (Lipinski definition) is 1. The van der Waals surface area contributed by atoms with Gasteiger partial charge in [-0.25, -0.2) is 19.5 Å². The standard InChI is InChI=1S/C23H18F3N3O4/c24-23(25,26)18-9-10-28-12-27-19(21(30)31)20(28)29(18)22(32)33-11-17-15-7-3-1-5-13(15)14-6-2-4-8-16(14)17/h1-8,12,17-18H,9-11H2,(H,30,31). The second-order valence-corrected chi connectivity index (χ2v) is 7.94. The number of nitrogens with zero attached hydrogens (tertiary/aromatic N) is 3. The Balaban J connectivity index is 1.47. The molecule has 1 N–H and O–H groups in total. The molecule has 2 heterocycles. The topological polar surface area (TPSA) is 84.7 Å². The maximum absolute atomic E-state index is 13.8. The molecule has 5 rings (SSSR count). The minimum Gasteiger partial charge on any atom is -0.476 e. The molecule has 2 aliphatic rings. The molecule has 3 aromatic rings. The van der Waals surface area contributed by atoms with Gasteiger partial charge in [0.25, 0.3) is 0 Å². The SMILES string of the molecule is O=C(O)c1ncn2c1N(C(=O)OCC1c3ccccc3-c3ccccc31)C(C(F)(F)F)CC2. The van der Waals surface area contributed by atoms with E-state index in [9.17, 15) is 27.9 Å². The molecule has 0 saturated carbocycles. The van der Waals surface area contributed by atoms with Gasteiger partial charge >= 0.3 is 18.2 Å². The Morgan fingerprint density at radius 2 is 1.67 bits per heavy atom. The predicted octanol–water partition coefficient (Wildman–Crippen LogP) is 4.67. The Labute approximate surface area is 186 Å². The number of carboxylic acids is 1. The Hall–Kier alpha value is -3.82. The van der Waals surface area contributed by atoms with E-state index in [2.05, 4.69) is 4.98 Å². The first-order valence-electron chi connectivity index (χ1n) is 10.3. The van der Waals surface area contributed by atoms with Crippen LogP contribution in [0.5, 0.6) is 0 Å². The summed E-state index contributed by atoms with van der Waals surface area (Å²) in [6.45, 7) is -0.308. The molecule has 2 aromatic carbocycles. The van der Waals surface area contributed by atoms with E-state index in [1.807, 2.05) is 48.5 Å². The van der Waals surface area contributed by atoms with Crippen LogP contribution in [0.25, 0.3) is 11.1 Å². The average Bonchev–Trinajstić information content (AvgIpc) is 3.36. The lowest BCUT2D eigenvalue weighted by molar-refractivity contribution is -0.151. The van der Waals surface area contributed by atoms with Gasteiger partial charge in [-0.3, -0.25) is 0 Å². The number of anilines is 1. The fourth-order valence-electron chi connectivity index (χ4n) is 4.67. The molecule has 1 amide bonds. The summed E-state index contributed by atoms with van der Waals surface area (Å²) in [4.78, 5) is 28.7. The van der Waals surface area contributed by atoms with Crippen molar-refractivity contribution in [3.8, 4) is 11.1 Å². The zero-order valence-electron chi connectivity index (χ0n) is 17.1. The third kappa shape index (κ3) is 3.42. The quantitative estimate of drug-likeness (QED) is 0.618. The summed E-state index contributed by atoms with van der Waals surface area (Å²) < 4.78 is 48.0. The van der Waals surface area contributed by atoms with E-state index in [1.54, 1.807) is 0 Å². The smallest absolute Gasteiger partial charge is 0.416 e. The third-order valence-corrected chi connectivity index (χ3v) is 6.11. The zero-order valence-corrected chi connectivity index (χ0v) is 17.1. The number of rotatable bonds is 3. The van der Waals surface area contributed by atoms with Crippen LogP contribution in [-0.4, -0.2) is 45.5 Å². The van der Waals surface area contributed by atoms with Gasteiger partial charge in [0.15, 0.2) is 11.5 Å². The maximum atomic E-state index is 13.8. The third-order valence-electron chi connectivity index (χ3n) is 6.11. The molecule has 170 valence electrons. The van der Waals surface area contributed by atoms with Crippen molar-refractivity contribution in [1.29, 1.82) is 0 Å². The molecule has 1 aromatic heterocycles. The van der Waals surface area contributed by atoms with Crippen molar-refractivity contribution >= 4 is 17.9 Å². The average molecular weight is 457 g/mol. The molecule has 33 heavy (non-hydrogen) atoms. The van der Waals surface area contributed by atoms with Gasteiger partial charge in [-0.05, 0) is 28.7 Å². The second-order valence-electron chi connectivity index (χ2n) is 7.94. The molecule has 1 unspecified atom stereocenters. The molecule has 0 radical (unpaired) electrons. The van der Waals surface area contributed by atoms with Crippen LogP contribution >= 0.6 is 0 Å². The van der Waals surface area contributed by atoms with Crippen molar-refractivity contribution in [2.45, 2.75) is 31.1 Å². The number of carbonyl (C=O) groups is 2. The summed E-state index contributed by atoms with van der Waals surface area (Å²) in [7, 11) is 0. The van der Waals surface area contributed by atoms with E-state index in [1.165, 1.54) is 4.57 Å². The van der Waals surface area contributed by atoms with Gasteiger partial charge in [-0.15, -0.1) is 0 Å². The first kappa shape index (κ1) is 21.0. The van der Waals surface area contributed by atoms with Gasteiger partial charge in [-0.1, -0.05) is 48.5 Å². The molecule has 0 spiro atoms. The van der Waals surface area contributed by atoms with E-state index < -0.39 is 42.2 Å². The van der Waals surface area contributed by atoms with Gasteiger partial charge in [0.05, 0.1) is 6.33 Å². The number of hydrogen-bond acceptors (Lipinski definition) is 4. The fraction of sp³-hybridized carbons (Fsp3) is 0.261. The summed E-state index contributed by atoms with van der Waals surface area (Å²) in [5.74, 6) is -2.30. The number of carbonyl (C=O) groups excluding carboxylic acids is 1. The van der Waals surface area contributed by atoms with Gasteiger partial charge in [0.2, 0.25) is 0 Å². The fourth-order valence-corrected chi connectivity index (χ4v) is 4.67. The largest absolute Gasteiger partial charge is 0.476 e. The van der Waals surface area contributed by atoms with Crippen molar-refractivity contribution in [3.05, 3.63) is 71.7 Å². The summed E-state index contributed by atoms with van der Waals surface area (Å²) in [5.41, 5.74) is 3.15. The Morgan fingerprint density at radius 3 is 2.24 bits per heavy atom. The van der Waals surface area contributed by atoms with Crippen LogP contribution in [0.4, 0.5) is 23.8 Å². The molecular weight excluding hydrogens is 439 g/mol. The molecule has 1 aliphatic carbocycles. The molecule has 10 heteroatoms. The number of carboxylic acid groups (broad SMARTS) is 1. The number of benzene rings is 2. The second kappa shape index (κ2) is 7.65. The number of amides is 1. The van der Waals surface area contributed by atoms with E-state index in [0.29, 0.717) is 4.90 Å². The number of aromatic nitrogens is 2. The Kier molecular flexibility index (Phi) is 4.88. The highest BCUT2D eigenvalue weighted by Gasteiger charge is 2.50. The first-order valence-corrected chi connectivity index (χ1v) is 10.3. The van der Waals surface area contributed by atoms with E-state index >= 15 is 0 Å². The lowest BCUT2D eigenvalue weighted by Crippen LogP contribution is -2.53. The lowest BCUT2D eigenvalue weighted by atomic mass is 9.98. The van der Waals surface area contributed by atoms with Crippen LogP contribution in [0.1, 0.15) is 34.0 Å². The van der Waals surface area contributed by atoms with Crippen LogP contribution in [0.15, 0.2) is 54.9 Å². The highest BCUT2D eigenvalue weighted by molar-refractivity contribution is 5.98. The summed E-state index contributed by atoms with van der Waals surface area (Å²) in [5, 5.41) is 9.40. The summed E-state index contributed by atoms with van der Waals surface area (Å²) in [6, 6.07) is 12.9. The number of aryl methyl sites for hydroxylation is 1. The van der Waals surface area contributed by atoms with Gasteiger partial charge in [0, 0.05) is 12.5 Å². The normalized spacial score (nSPS) is 17.3.